The number of hydrogen-bond acceptors (Lipinski definition) is 10. The molecular weight excluding hydrogens is 474 g/mol. The summed E-state index contributed by atoms with van der Waals surface area (Å²) in [5.41, 5.74) is 11.9. The van der Waals surface area contributed by atoms with E-state index in [2.05, 4.69) is 15.5 Å². The number of amidine groups is 1. The lowest BCUT2D eigenvalue weighted by molar-refractivity contribution is -0.139. The van der Waals surface area contributed by atoms with Gasteiger partial charge in [-0.1, -0.05) is 17.3 Å². The van der Waals surface area contributed by atoms with E-state index in [1.54, 1.807) is 24.4 Å². The van der Waals surface area contributed by atoms with Crippen LogP contribution in [0.1, 0.15) is 18.2 Å². The molecule has 0 bridgehead atoms. The number of fused-ring (bicyclic) bond motifs is 1. The van der Waals surface area contributed by atoms with Gasteiger partial charge in [-0.15, -0.1) is 23.1 Å². The van der Waals surface area contributed by atoms with Crippen LogP contribution in [0.3, 0.4) is 0 Å². The molecule has 0 saturated carbocycles. The fourth-order valence-electron chi connectivity index (χ4n) is 3.09. The Morgan fingerprint density at radius 2 is 2.19 bits per heavy atom. The molecule has 1 unspecified atom stereocenters. The van der Waals surface area contributed by atoms with E-state index < -0.39 is 33.7 Å². The summed E-state index contributed by atoms with van der Waals surface area (Å²) >= 11 is 2.65. The molecule has 2 aliphatic rings. The van der Waals surface area contributed by atoms with Crippen molar-refractivity contribution in [2.45, 2.75) is 22.7 Å². The van der Waals surface area contributed by atoms with Gasteiger partial charge in [0.1, 0.15) is 24.2 Å². The molecule has 0 radical (unpaired) electrons. The van der Waals surface area contributed by atoms with Crippen molar-refractivity contribution in [2.24, 2.45) is 10.9 Å². The standard InChI is InChI=1S/C18H19N7O4S3/c1-18-13(16(27)25(18)32(18)28)23-15(26)12(11-8-31-17(21)22-11)24-29-6-7-30-10-4-2-9(3-5-10)14(19)20/h2-5,8,13H,6-7H2,1H3,(H3,19,20)(H2,21,22)(H,23,26)/b24-12-/t13-,18-,25?,32?/m0/s1. The van der Waals surface area contributed by atoms with Gasteiger partial charge in [-0.05, 0) is 19.1 Å². The molecule has 32 heavy (non-hydrogen) atoms. The number of amides is 2. The number of nitrogens with one attached hydrogen (secondary N) is 2. The Labute approximate surface area is 193 Å². The van der Waals surface area contributed by atoms with Crippen molar-refractivity contribution < 1.29 is 18.6 Å². The summed E-state index contributed by atoms with van der Waals surface area (Å²) in [7, 11) is -1.42. The number of carbonyl (C=O) groups is 2. The van der Waals surface area contributed by atoms with E-state index in [1.165, 1.54) is 16.1 Å². The summed E-state index contributed by atoms with van der Waals surface area (Å²) in [6.45, 7) is 1.84. The molecule has 11 nitrogen and oxygen atoms in total. The number of benzene rings is 1. The number of oxime groups is 1. The molecule has 2 aliphatic heterocycles. The van der Waals surface area contributed by atoms with Crippen LogP contribution >= 0.6 is 23.1 Å². The van der Waals surface area contributed by atoms with Crippen LogP contribution < -0.4 is 16.8 Å². The average Bonchev–Trinajstić information content (AvgIpc) is 3.02. The number of β-lactam (4-membered cyclic amide) rings is 1. The molecule has 1 aromatic carbocycles. The number of anilines is 1. The van der Waals surface area contributed by atoms with Crippen LogP contribution in [0.25, 0.3) is 0 Å². The highest BCUT2D eigenvalue weighted by Gasteiger charge is 2.78. The van der Waals surface area contributed by atoms with Crippen LogP contribution in [-0.2, 0) is 25.4 Å². The van der Waals surface area contributed by atoms with Crippen molar-refractivity contribution in [1.82, 2.24) is 14.6 Å². The summed E-state index contributed by atoms with van der Waals surface area (Å²) in [6.07, 6.45) is 0. The molecule has 2 fully saturated rings. The van der Waals surface area contributed by atoms with Crippen LogP contribution in [0.4, 0.5) is 5.13 Å². The number of nitrogens with two attached hydrogens (primary N) is 2. The first kappa shape index (κ1) is 22.2. The van der Waals surface area contributed by atoms with Gasteiger partial charge in [0.05, 0.1) is 0 Å². The summed E-state index contributed by atoms with van der Waals surface area (Å²) in [4.78, 5) is 34.3. The second-order valence-electron chi connectivity index (χ2n) is 6.97. The fraction of sp³-hybridized carbons (Fsp3) is 0.278. The Morgan fingerprint density at radius 3 is 2.75 bits per heavy atom. The van der Waals surface area contributed by atoms with Crippen molar-refractivity contribution in [3.05, 3.63) is 40.9 Å². The molecule has 2 aromatic rings. The second-order valence-corrected chi connectivity index (χ2v) is 10.7. The summed E-state index contributed by atoms with van der Waals surface area (Å²) in [6, 6.07) is 6.33. The largest absolute Gasteiger partial charge is 0.394 e. The Hall–Kier alpha value is -2.97. The Bertz CT molecular complexity index is 1150. The Morgan fingerprint density at radius 1 is 1.47 bits per heavy atom. The van der Waals surface area contributed by atoms with Gasteiger partial charge in [0, 0.05) is 21.6 Å². The Kier molecular flexibility index (Phi) is 5.92. The topological polar surface area (TPSA) is 177 Å². The van der Waals surface area contributed by atoms with Gasteiger partial charge in [-0.3, -0.25) is 15.0 Å². The molecule has 3 atom stereocenters. The van der Waals surface area contributed by atoms with E-state index in [1.807, 2.05) is 12.1 Å². The zero-order chi connectivity index (χ0) is 23.0. The average molecular weight is 494 g/mol. The minimum absolute atomic E-state index is 0.00549. The minimum Gasteiger partial charge on any atom is -0.394 e. The summed E-state index contributed by atoms with van der Waals surface area (Å²) in [5, 5.41) is 15.7. The molecule has 4 rings (SSSR count). The molecule has 1 aromatic heterocycles. The second kappa shape index (κ2) is 8.52. The molecule has 0 spiro atoms. The van der Waals surface area contributed by atoms with E-state index in [9.17, 15) is 13.8 Å². The third-order valence-corrected chi connectivity index (χ3v) is 8.39. The highest BCUT2D eigenvalue weighted by atomic mass is 32.2. The van der Waals surface area contributed by atoms with Gasteiger partial charge in [-0.25, -0.2) is 13.5 Å². The van der Waals surface area contributed by atoms with Gasteiger partial charge < -0.3 is 21.6 Å². The third-order valence-electron chi connectivity index (χ3n) is 4.89. The van der Waals surface area contributed by atoms with Crippen molar-refractivity contribution >= 4 is 62.6 Å². The minimum atomic E-state index is -1.42. The quantitative estimate of drug-likeness (QED) is 0.0730. The monoisotopic (exact) mass is 493 g/mol. The molecule has 168 valence electrons. The molecule has 0 aliphatic carbocycles. The predicted molar refractivity (Wildman–Crippen MR) is 123 cm³/mol. The maximum Gasteiger partial charge on any atom is 0.276 e. The van der Waals surface area contributed by atoms with E-state index >= 15 is 0 Å². The lowest BCUT2D eigenvalue weighted by atomic mass is 10.0. The van der Waals surface area contributed by atoms with Crippen LogP contribution in [0.15, 0.2) is 39.7 Å². The first-order valence-electron chi connectivity index (χ1n) is 9.29. The number of carbonyl (C=O) groups excluding carboxylic acids is 2. The highest BCUT2D eigenvalue weighted by molar-refractivity contribution is 7.99. The van der Waals surface area contributed by atoms with E-state index in [-0.39, 0.29) is 29.0 Å². The number of hydrogen-bond donors (Lipinski definition) is 4. The number of aromatic nitrogens is 1. The molecule has 2 saturated heterocycles. The molecule has 3 heterocycles. The SMILES string of the molecule is C[C@]12[C@@H](NC(=O)/C(=N\OCCSc3ccc(C(=N)N)cc3)c3csc(N)n3)C(=O)N1S2=O. The lowest BCUT2D eigenvalue weighted by Crippen LogP contribution is -2.62. The predicted octanol–water partition coefficient (Wildman–Crippen LogP) is 0.243. The number of thioether (sulfide) groups is 1. The number of nitrogen functional groups attached to an aromatic ring is 2. The summed E-state index contributed by atoms with van der Waals surface area (Å²) in [5.74, 6) is -0.509. The maximum absolute atomic E-state index is 12.8. The van der Waals surface area contributed by atoms with Gasteiger partial charge in [0.25, 0.3) is 11.8 Å². The highest BCUT2D eigenvalue weighted by Crippen LogP contribution is 2.52. The van der Waals surface area contributed by atoms with Crippen LogP contribution in [0.5, 0.6) is 0 Å². The van der Waals surface area contributed by atoms with Crippen LogP contribution in [0.2, 0.25) is 0 Å². The maximum atomic E-state index is 12.8. The van der Waals surface area contributed by atoms with Gasteiger partial charge in [0.15, 0.2) is 26.7 Å². The smallest absolute Gasteiger partial charge is 0.276 e. The van der Waals surface area contributed by atoms with Crippen molar-refractivity contribution in [3.63, 3.8) is 0 Å². The number of rotatable bonds is 9. The zero-order valence-electron chi connectivity index (χ0n) is 16.7. The van der Waals surface area contributed by atoms with Crippen LogP contribution in [-0.4, -0.2) is 60.1 Å². The molecule has 14 heteroatoms. The normalized spacial score (nSPS) is 23.8. The van der Waals surface area contributed by atoms with Gasteiger partial charge >= 0.3 is 0 Å². The third kappa shape index (κ3) is 3.96. The number of nitrogens with zero attached hydrogens (tertiary/aromatic N) is 3. The summed E-state index contributed by atoms with van der Waals surface area (Å²) < 4.78 is 13.0. The van der Waals surface area contributed by atoms with Gasteiger partial charge in [0.2, 0.25) is 0 Å². The molecular formula is C18H19N7O4S3. The van der Waals surface area contributed by atoms with Gasteiger partial charge in [-0.2, -0.15) is 0 Å². The van der Waals surface area contributed by atoms with Crippen molar-refractivity contribution in [2.75, 3.05) is 18.1 Å². The molecule has 2 amide bonds. The number of thiazole rings is 1. The van der Waals surface area contributed by atoms with E-state index in [0.29, 0.717) is 11.3 Å². The first-order valence-corrected chi connectivity index (χ1v) is 12.3. The first-order chi connectivity index (χ1) is 15.2. The lowest BCUT2D eigenvalue weighted by Gasteiger charge is -2.29. The van der Waals surface area contributed by atoms with E-state index in [4.69, 9.17) is 21.7 Å². The zero-order valence-corrected chi connectivity index (χ0v) is 19.2. The fourth-order valence-corrected chi connectivity index (χ4v) is 5.79. The van der Waals surface area contributed by atoms with Crippen molar-refractivity contribution in [3.8, 4) is 0 Å². The van der Waals surface area contributed by atoms with E-state index in [0.717, 1.165) is 16.2 Å². The van der Waals surface area contributed by atoms with Crippen LogP contribution in [0, 0.1) is 5.41 Å². The molecule has 6 N–H and O–H groups in total. The van der Waals surface area contributed by atoms with Crippen molar-refractivity contribution in [1.29, 1.82) is 5.41 Å². The Balaban J connectivity index is 1.36.